The highest BCUT2D eigenvalue weighted by atomic mass is 16.5. The summed E-state index contributed by atoms with van der Waals surface area (Å²) in [6, 6.07) is 0. The second-order valence-corrected chi connectivity index (χ2v) is 5.86. The van der Waals surface area contributed by atoms with Crippen LogP contribution in [0.25, 0.3) is 0 Å². The van der Waals surface area contributed by atoms with E-state index in [-0.39, 0.29) is 0 Å². The Kier molecular flexibility index (Phi) is 6.35. The van der Waals surface area contributed by atoms with E-state index in [2.05, 4.69) is 34.6 Å². The Morgan fingerprint density at radius 1 is 1.48 bits per heavy atom. The van der Waals surface area contributed by atoms with Crippen LogP contribution in [0.4, 0.5) is 0 Å². The molecule has 0 amide bonds. The van der Waals surface area contributed by atoms with Crippen LogP contribution in [0.2, 0.25) is 0 Å². The van der Waals surface area contributed by atoms with Gasteiger partial charge in [-0.1, -0.05) is 19.1 Å². The van der Waals surface area contributed by atoms with Crippen molar-refractivity contribution in [2.24, 2.45) is 18.9 Å². The summed E-state index contributed by atoms with van der Waals surface area (Å²) < 4.78 is 7.51. The maximum atomic E-state index is 9.90. The molecule has 1 aliphatic rings. The van der Waals surface area contributed by atoms with E-state index in [1.54, 1.807) is 6.33 Å². The Hall–Kier alpha value is -1.24. The second kappa shape index (κ2) is 8.26. The van der Waals surface area contributed by atoms with Crippen LogP contribution in [0, 0.1) is 11.8 Å². The van der Waals surface area contributed by atoms with E-state index in [0.29, 0.717) is 31.5 Å². The molecular formula is C15H26N4O2. The number of nitrogens with zero attached hydrogens (tertiary/aromatic N) is 3. The van der Waals surface area contributed by atoms with Crippen molar-refractivity contribution in [3.05, 3.63) is 24.3 Å². The third-order valence-corrected chi connectivity index (χ3v) is 4.03. The van der Waals surface area contributed by atoms with Gasteiger partial charge in [-0.05, 0) is 24.7 Å². The Morgan fingerprint density at radius 3 is 3.00 bits per heavy atom. The zero-order valence-corrected chi connectivity index (χ0v) is 12.9. The van der Waals surface area contributed by atoms with Gasteiger partial charge in [0, 0.05) is 13.6 Å². The van der Waals surface area contributed by atoms with Gasteiger partial charge in [0.2, 0.25) is 0 Å². The number of aromatic nitrogens is 3. The van der Waals surface area contributed by atoms with Crippen LogP contribution in [0.1, 0.15) is 25.6 Å². The van der Waals surface area contributed by atoms with Crippen LogP contribution in [0.5, 0.6) is 0 Å². The summed E-state index contributed by atoms with van der Waals surface area (Å²) in [6.07, 6.45) is 7.86. The van der Waals surface area contributed by atoms with Crippen molar-refractivity contribution in [3.8, 4) is 0 Å². The first-order chi connectivity index (χ1) is 10.2. The zero-order chi connectivity index (χ0) is 15.1. The Bertz CT molecular complexity index is 447. The molecule has 2 N–H and O–H groups in total. The van der Waals surface area contributed by atoms with Crippen molar-refractivity contribution in [2.75, 3.05) is 19.8 Å². The molecule has 1 heterocycles. The fourth-order valence-electron chi connectivity index (χ4n) is 2.47. The number of aliphatic hydroxyl groups is 1. The largest absolute Gasteiger partial charge is 0.389 e. The first-order valence-corrected chi connectivity index (χ1v) is 7.61. The van der Waals surface area contributed by atoms with Crippen molar-refractivity contribution in [2.45, 2.75) is 32.4 Å². The van der Waals surface area contributed by atoms with E-state index >= 15 is 0 Å². The molecule has 1 aliphatic carbocycles. The minimum absolute atomic E-state index is 0.374. The minimum atomic E-state index is -0.493. The van der Waals surface area contributed by atoms with Crippen molar-refractivity contribution in [3.63, 3.8) is 0 Å². The monoisotopic (exact) mass is 294 g/mol. The van der Waals surface area contributed by atoms with Crippen molar-refractivity contribution >= 4 is 0 Å². The highest BCUT2D eigenvalue weighted by Crippen LogP contribution is 2.24. The van der Waals surface area contributed by atoms with Crippen LogP contribution in [-0.4, -0.2) is 45.7 Å². The number of hydrogen-bond acceptors (Lipinski definition) is 5. The summed E-state index contributed by atoms with van der Waals surface area (Å²) in [6.45, 7) is 4.45. The average molecular weight is 294 g/mol. The van der Waals surface area contributed by atoms with Crippen LogP contribution in [0.3, 0.4) is 0 Å². The van der Waals surface area contributed by atoms with E-state index in [4.69, 9.17) is 4.74 Å². The maximum absolute atomic E-state index is 9.90. The molecule has 0 bridgehead atoms. The smallest absolute Gasteiger partial charge is 0.146 e. The molecule has 2 rings (SSSR count). The van der Waals surface area contributed by atoms with Gasteiger partial charge in [0.15, 0.2) is 0 Å². The molecule has 6 nitrogen and oxygen atoms in total. The number of nitrogens with one attached hydrogen (secondary N) is 1. The molecule has 0 saturated carbocycles. The molecule has 0 fully saturated rings. The quantitative estimate of drug-likeness (QED) is 0.697. The van der Waals surface area contributed by atoms with E-state index in [0.717, 1.165) is 25.3 Å². The average Bonchev–Trinajstić information content (AvgIpc) is 2.87. The fraction of sp³-hybridized carbons (Fsp3) is 0.733. The predicted octanol–water partition coefficient (Wildman–Crippen LogP) is 0.884. The van der Waals surface area contributed by atoms with Gasteiger partial charge in [0.05, 0.1) is 25.9 Å². The van der Waals surface area contributed by atoms with Gasteiger partial charge in [-0.2, -0.15) is 0 Å². The van der Waals surface area contributed by atoms with Crippen molar-refractivity contribution in [1.29, 1.82) is 0 Å². The molecule has 1 aromatic rings. The summed E-state index contributed by atoms with van der Waals surface area (Å²) >= 11 is 0. The van der Waals surface area contributed by atoms with Crippen molar-refractivity contribution in [1.82, 2.24) is 20.1 Å². The predicted molar refractivity (Wildman–Crippen MR) is 80.6 cm³/mol. The summed E-state index contributed by atoms with van der Waals surface area (Å²) in [5.41, 5.74) is 0. The van der Waals surface area contributed by atoms with Gasteiger partial charge in [0.1, 0.15) is 12.2 Å². The van der Waals surface area contributed by atoms with Crippen molar-refractivity contribution < 1.29 is 9.84 Å². The summed E-state index contributed by atoms with van der Waals surface area (Å²) in [4.78, 5) is 0. The zero-order valence-electron chi connectivity index (χ0n) is 12.9. The van der Waals surface area contributed by atoms with Gasteiger partial charge in [-0.3, -0.25) is 0 Å². The first-order valence-electron chi connectivity index (χ1n) is 7.61. The molecule has 0 spiro atoms. The van der Waals surface area contributed by atoms with Gasteiger partial charge in [0.25, 0.3) is 0 Å². The highest BCUT2D eigenvalue weighted by Gasteiger charge is 2.18. The molecule has 0 aromatic carbocycles. The number of hydrogen-bond donors (Lipinski definition) is 2. The van der Waals surface area contributed by atoms with Gasteiger partial charge >= 0.3 is 0 Å². The molecule has 0 aliphatic heterocycles. The molecular weight excluding hydrogens is 268 g/mol. The van der Waals surface area contributed by atoms with Gasteiger partial charge < -0.3 is 19.7 Å². The standard InChI is InChI=1S/C15H26N4O2/c1-12-5-3-4-6-13(12)9-21-10-14(20)7-16-8-15-18-17-11-19(15)2/h3-4,11-14,16,20H,5-10H2,1-2H3. The third-order valence-electron chi connectivity index (χ3n) is 4.03. The van der Waals surface area contributed by atoms with E-state index in [9.17, 15) is 5.11 Å². The molecule has 3 atom stereocenters. The molecule has 0 saturated heterocycles. The molecule has 21 heavy (non-hydrogen) atoms. The number of ether oxygens (including phenoxy) is 1. The highest BCUT2D eigenvalue weighted by molar-refractivity contribution is 4.93. The van der Waals surface area contributed by atoms with E-state index < -0.39 is 6.10 Å². The van der Waals surface area contributed by atoms with Gasteiger partial charge in [-0.25, -0.2) is 0 Å². The lowest BCUT2D eigenvalue weighted by molar-refractivity contribution is 0.0127. The third kappa shape index (κ3) is 5.22. The van der Waals surface area contributed by atoms with Crippen LogP contribution < -0.4 is 5.32 Å². The van der Waals surface area contributed by atoms with E-state index in [1.807, 2.05) is 11.6 Å². The topological polar surface area (TPSA) is 72.2 Å². The van der Waals surface area contributed by atoms with Crippen LogP contribution in [-0.2, 0) is 18.3 Å². The molecule has 3 unspecified atom stereocenters. The van der Waals surface area contributed by atoms with Crippen LogP contribution >= 0.6 is 0 Å². The number of allylic oxidation sites excluding steroid dienone is 2. The fourth-order valence-corrected chi connectivity index (χ4v) is 2.47. The Labute approximate surface area is 126 Å². The Balaban J connectivity index is 1.56. The lowest BCUT2D eigenvalue weighted by Crippen LogP contribution is -2.32. The summed E-state index contributed by atoms with van der Waals surface area (Å²) in [7, 11) is 1.90. The molecule has 0 radical (unpaired) electrons. The molecule has 6 heteroatoms. The first kappa shape index (κ1) is 16.1. The summed E-state index contributed by atoms with van der Waals surface area (Å²) in [5, 5.41) is 20.8. The van der Waals surface area contributed by atoms with E-state index in [1.165, 1.54) is 0 Å². The minimum Gasteiger partial charge on any atom is -0.389 e. The summed E-state index contributed by atoms with van der Waals surface area (Å²) in [5.74, 6) is 2.10. The number of aliphatic hydroxyl groups excluding tert-OH is 1. The molecule has 1 aromatic heterocycles. The SMILES string of the molecule is CC1CC=CCC1COCC(O)CNCc1nncn1C. The lowest BCUT2D eigenvalue weighted by Gasteiger charge is -2.25. The normalized spacial score (nSPS) is 23.4. The van der Waals surface area contributed by atoms with Crippen LogP contribution in [0.15, 0.2) is 18.5 Å². The lowest BCUT2D eigenvalue weighted by atomic mass is 9.85. The van der Waals surface area contributed by atoms with Gasteiger partial charge in [-0.15, -0.1) is 10.2 Å². The Morgan fingerprint density at radius 2 is 2.29 bits per heavy atom. The number of rotatable bonds is 8. The molecule has 118 valence electrons. The number of aryl methyl sites for hydroxylation is 1. The second-order valence-electron chi connectivity index (χ2n) is 5.86. The maximum Gasteiger partial charge on any atom is 0.146 e.